The van der Waals surface area contributed by atoms with E-state index in [0.29, 0.717) is 32.8 Å². The number of aryl methyl sites for hydroxylation is 1. The summed E-state index contributed by atoms with van der Waals surface area (Å²) in [5.41, 5.74) is 1.68. The standard InChI is InChI=1S/C16H21N5O3/c1-3-24-16(23)21-8-6-20(7-9-21)15(22)18-13-5-4-12-11-17-19(2)14(12)10-13/h4-5,10-11H,3,6-9H2,1-2H3,(H,18,22). The van der Waals surface area contributed by atoms with Crippen molar-refractivity contribution < 1.29 is 14.3 Å². The molecule has 0 saturated carbocycles. The van der Waals surface area contributed by atoms with Gasteiger partial charge in [0.25, 0.3) is 0 Å². The van der Waals surface area contributed by atoms with Gasteiger partial charge in [-0.25, -0.2) is 9.59 Å². The Hall–Kier alpha value is -2.77. The van der Waals surface area contributed by atoms with E-state index in [1.165, 1.54) is 0 Å². The number of hydrogen-bond acceptors (Lipinski definition) is 4. The van der Waals surface area contributed by atoms with Crippen LogP contribution >= 0.6 is 0 Å². The molecule has 0 aliphatic carbocycles. The summed E-state index contributed by atoms with van der Waals surface area (Å²) in [7, 11) is 1.86. The van der Waals surface area contributed by atoms with E-state index < -0.39 is 0 Å². The third-order valence-corrected chi connectivity index (χ3v) is 4.09. The molecule has 0 bridgehead atoms. The second kappa shape index (κ2) is 6.77. The normalized spacial score (nSPS) is 14.8. The van der Waals surface area contributed by atoms with Gasteiger partial charge >= 0.3 is 12.1 Å². The van der Waals surface area contributed by atoms with Crippen molar-refractivity contribution in [1.82, 2.24) is 19.6 Å². The molecule has 1 aliphatic rings. The van der Waals surface area contributed by atoms with Gasteiger partial charge in [0.05, 0.1) is 18.3 Å². The zero-order chi connectivity index (χ0) is 17.1. The molecule has 0 unspecified atom stereocenters. The number of ether oxygens (including phenoxy) is 1. The Balaban J connectivity index is 1.59. The Morgan fingerprint density at radius 1 is 1.21 bits per heavy atom. The van der Waals surface area contributed by atoms with Crippen LogP contribution in [0.25, 0.3) is 10.9 Å². The van der Waals surface area contributed by atoms with Crippen molar-refractivity contribution in [3.8, 4) is 0 Å². The number of nitrogens with one attached hydrogen (secondary N) is 1. The number of carbonyl (C=O) groups excluding carboxylic acids is 2. The summed E-state index contributed by atoms with van der Waals surface area (Å²) in [6.45, 7) is 4.06. The van der Waals surface area contributed by atoms with Crippen molar-refractivity contribution in [2.45, 2.75) is 6.92 Å². The fraction of sp³-hybridized carbons (Fsp3) is 0.438. The Morgan fingerprint density at radius 3 is 2.62 bits per heavy atom. The minimum absolute atomic E-state index is 0.167. The molecule has 1 aromatic heterocycles. The molecule has 2 aromatic rings. The van der Waals surface area contributed by atoms with E-state index in [-0.39, 0.29) is 12.1 Å². The zero-order valence-corrected chi connectivity index (χ0v) is 13.9. The molecule has 0 atom stereocenters. The van der Waals surface area contributed by atoms with Gasteiger partial charge in [-0.1, -0.05) is 0 Å². The molecule has 1 aromatic carbocycles. The van der Waals surface area contributed by atoms with Gasteiger partial charge in [-0.15, -0.1) is 0 Å². The number of benzene rings is 1. The Bertz CT molecular complexity index is 749. The van der Waals surface area contributed by atoms with Crippen molar-refractivity contribution in [3.05, 3.63) is 24.4 Å². The van der Waals surface area contributed by atoms with Crippen LogP contribution in [0.1, 0.15) is 6.92 Å². The fourth-order valence-electron chi connectivity index (χ4n) is 2.73. The molecule has 3 rings (SSSR count). The molecule has 1 saturated heterocycles. The van der Waals surface area contributed by atoms with Gasteiger partial charge in [-0.2, -0.15) is 5.10 Å². The number of fused-ring (bicyclic) bond motifs is 1. The molecule has 128 valence electrons. The lowest BCUT2D eigenvalue weighted by atomic mass is 10.2. The summed E-state index contributed by atoms with van der Waals surface area (Å²) in [5.74, 6) is 0. The predicted molar refractivity (Wildman–Crippen MR) is 89.9 cm³/mol. The summed E-state index contributed by atoms with van der Waals surface area (Å²) in [5, 5.41) is 8.12. The maximum Gasteiger partial charge on any atom is 0.409 e. The second-order valence-corrected chi connectivity index (χ2v) is 5.64. The zero-order valence-electron chi connectivity index (χ0n) is 13.9. The summed E-state index contributed by atoms with van der Waals surface area (Å²) in [4.78, 5) is 27.4. The third-order valence-electron chi connectivity index (χ3n) is 4.09. The van der Waals surface area contributed by atoms with E-state index in [1.54, 1.807) is 27.6 Å². The summed E-state index contributed by atoms with van der Waals surface area (Å²) < 4.78 is 6.74. The van der Waals surface area contributed by atoms with E-state index in [0.717, 1.165) is 16.6 Å². The van der Waals surface area contributed by atoms with E-state index in [4.69, 9.17) is 4.74 Å². The molecule has 24 heavy (non-hydrogen) atoms. The van der Waals surface area contributed by atoms with Crippen LogP contribution in [-0.4, -0.2) is 64.5 Å². The van der Waals surface area contributed by atoms with Crippen molar-refractivity contribution in [2.75, 3.05) is 38.1 Å². The van der Waals surface area contributed by atoms with E-state index in [2.05, 4.69) is 10.4 Å². The first kappa shape index (κ1) is 16.1. The quantitative estimate of drug-likeness (QED) is 0.911. The molecule has 8 nitrogen and oxygen atoms in total. The van der Waals surface area contributed by atoms with Gasteiger partial charge in [0.15, 0.2) is 0 Å². The Morgan fingerprint density at radius 2 is 1.92 bits per heavy atom. The minimum Gasteiger partial charge on any atom is -0.450 e. The lowest BCUT2D eigenvalue weighted by Gasteiger charge is -2.34. The molecule has 1 aliphatic heterocycles. The van der Waals surface area contributed by atoms with Crippen LogP contribution < -0.4 is 5.32 Å². The maximum absolute atomic E-state index is 12.4. The average Bonchev–Trinajstić information content (AvgIpc) is 2.96. The van der Waals surface area contributed by atoms with Crippen molar-refractivity contribution in [1.29, 1.82) is 0 Å². The highest BCUT2D eigenvalue weighted by Crippen LogP contribution is 2.19. The van der Waals surface area contributed by atoms with Crippen molar-refractivity contribution >= 4 is 28.7 Å². The Labute approximate surface area is 140 Å². The van der Waals surface area contributed by atoms with Gasteiger partial charge in [-0.05, 0) is 25.1 Å². The van der Waals surface area contributed by atoms with Gasteiger partial charge in [0.1, 0.15) is 0 Å². The van der Waals surface area contributed by atoms with E-state index >= 15 is 0 Å². The SMILES string of the molecule is CCOC(=O)N1CCN(C(=O)Nc2ccc3cnn(C)c3c2)CC1. The first-order valence-electron chi connectivity index (χ1n) is 7.98. The second-order valence-electron chi connectivity index (χ2n) is 5.64. The third kappa shape index (κ3) is 3.27. The van der Waals surface area contributed by atoms with Gasteiger partial charge < -0.3 is 19.9 Å². The first-order chi connectivity index (χ1) is 11.6. The average molecular weight is 331 g/mol. The number of anilines is 1. The number of nitrogens with zero attached hydrogens (tertiary/aromatic N) is 4. The highest BCUT2D eigenvalue weighted by Gasteiger charge is 2.24. The number of carbonyl (C=O) groups is 2. The monoisotopic (exact) mass is 331 g/mol. The van der Waals surface area contributed by atoms with Gasteiger partial charge in [-0.3, -0.25) is 4.68 Å². The van der Waals surface area contributed by atoms with Gasteiger partial charge in [0, 0.05) is 44.3 Å². The number of rotatable bonds is 2. The van der Waals surface area contributed by atoms with Gasteiger partial charge in [0.2, 0.25) is 0 Å². The number of urea groups is 1. The summed E-state index contributed by atoms with van der Waals surface area (Å²) in [6, 6.07) is 5.52. The highest BCUT2D eigenvalue weighted by atomic mass is 16.6. The van der Waals surface area contributed by atoms with Crippen molar-refractivity contribution in [2.24, 2.45) is 7.05 Å². The molecule has 2 heterocycles. The molecule has 8 heteroatoms. The number of aromatic nitrogens is 2. The van der Waals surface area contributed by atoms with Crippen LogP contribution in [0, 0.1) is 0 Å². The predicted octanol–water partition coefficient (Wildman–Crippen LogP) is 1.88. The number of amides is 3. The molecule has 0 radical (unpaired) electrons. The number of hydrogen-bond donors (Lipinski definition) is 1. The molecule has 0 spiro atoms. The number of piperazine rings is 1. The largest absolute Gasteiger partial charge is 0.450 e. The van der Waals surface area contributed by atoms with Crippen LogP contribution in [0.5, 0.6) is 0 Å². The Kier molecular flexibility index (Phi) is 4.54. The fourth-order valence-corrected chi connectivity index (χ4v) is 2.73. The molecular weight excluding hydrogens is 310 g/mol. The van der Waals surface area contributed by atoms with Crippen molar-refractivity contribution in [3.63, 3.8) is 0 Å². The summed E-state index contributed by atoms with van der Waals surface area (Å²) >= 11 is 0. The summed E-state index contributed by atoms with van der Waals surface area (Å²) in [6.07, 6.45) is 1.47. The van der Waals surface area contributed by atoms with Crippen LogP contribution in [0.4, 0.5) is 15.3 Å². The lowest BCUT2D eigenvalue weighted by Crippen LogP contribution is -2.51. The van der Waals surface area contributed by atoms with E-state index in [1.807, 2.05) is 25.2 Å². The molecule has 3 amide bonds. The first-order valence-corrected chi connectivity index (χ1v) is 7.98. The molecular formula is C16H21N5O3. The minimum atomic E-state index is -0.320. The topological polar surface area (TPSA) is 79.7 Å². The molecule has 1 N–H and O–H groups in total. The lowest BCUT2D eigenvalue weighted by molar-refractivity contribution is 0.0868. The smallest absolute Gasteiger partial charge is 0.409 e. The maximum atomic E-state index is 12.4. The van der Waals surface area contributed by atoms with E-state index in [9.17, 15) is 9.59 Å². The highest BCUT2D eigenvalue weighted by molar-refractivity contribution is 5.92. The van der Waals surface area contributed by atoms with Crippen LogP contribution in [0.2, 0.25) is 0 Å². The van der Waals surface area contributed by atoms with Crippen LogP contribution in [0.15, 0.2) is 24.4 Å². The molecule has 1 fully saturated rings. The van der Waals surface area contributed by atoms with Crippen LogP contribution in [0.3, 0.4) is 0 Å². The van der Waals surface area contributed by atoms with Crippen LogP contribution in [-0.2, 0) is 11.8 Å².